The molecule has 4 unspecified atom stereocenters. The average molecular weight is 279 g/mol. The zero-order chi connectivity index (χ0) is 14.0. The van der Waals surface area contributed by atoms with Crippen molar-refractivity contribution in [2.75, 3.05) is 13.1 Å². The summed E-state index contributed by atoms with van der Waals surface area (Å²) in [4.78, 5) is 2.72. The molecule has 4 bridgehead atoms. The van der Waals surface area contributed by atoms with Crippen LogP contribution in [0.15, 0.2) is 34.8 Å². The van der Waals surface area contributed by atoms with Crippen LogP contribution in [-0.2, 0) is 6.42 Å². The van der Waals surface area contributed by atoms with Crippen molar-refractivity contribution < 1.29 is 4.42 Å². The van der Waals surface area contributed by atoms with Gasteiger partial charge in [-0.05, 0) is 30.7 Å². The summed E-state index contributed by atoms with van der Waals surface area (Å²) in [7, 11) is 0. The van der Waals surface area contributed by atoms with Crippen molar-refractivity contribution in [3.05, 3.63) is 41.7 Å². The van der Waals surface area contributed by atoms with Crippen LogP contribution in [0.2, 0.25) is 0 Å². The number of nitrogens with zero attached hydrogens (tertiary/aromatic N) is 1. The number of benzene rings is 1. The van der Waals surface area contributed by atoms with E-state index in [-0.39, 0.29) is 0 Å². The van der Waals surface area contributed by atoms with Crippen molar-refractivity contribution in [1.82, 2.24) is 4.90 Å². The summed E-state index contributed by atoms with van der Waals surface area (Å²) in [5.41, 5.74) is 4.00. The number of piperidine rings is 1. The van der Waals surface area contributed by atoms with Gasteiger partial charge in [-0.3, -0.25) is 4.90 Å². The number of hydrogen-bond donors (Lipinski definition) is 0. The maximum atomic E-state index is 6.31. The first kappa shape index (κ1) is 12.0. The lowest BCUT2D eigenvalue weighted by Crippen LogP contribution is -2.51. The fourth-order valence-corrected chi connectivity index (χ4v) is 4.90. The number of para-hydroxylation sites is 1. The van der Waals surface area contributed by atoms with Crippen LogP contribution in [0.3, 0.4) is 0 Å². The predicted octanol–water partition coefficient (Wildman–Crippen LogP) is 4.10. The van der Waals surface area contributed by atoms with Gasteiger partial charge in [0, 0.05) is 35.7 Å². The molecule has 0 N–H and O–H groups in total. The number of fused-ring (bicyclic) bond motifs is 4. The molecule has 0 radical (unpaired) electrons. The highest BCUT2D eigenvalue weighted by atomic mass is 16.3. The van der Waals surface area contributed by atoms with Crippen LogP contribution in [0.5, 0.6) is 0 Å². The molecule has 0 saturated carbocycles. The summed E-state index contributed by atoms with van der Waals surface area (Å²) >= 11 is 0. The minimum absolute atomic E-state index is 0.599. The van der Waals surface area contributed by atoms with Crippen molar-refractivity contribution in [2.45, 2.75) is 32.2 Å². The van der Waals surface area contributed by atoms with Crippen molar-refractivity contribution in [2.24, 2.45) is 11.8 Å². The third kappa shape index (κ3) is 1.57. The molecule has 1 aromatic carbocycles. The van der Waals surface area contributed by atoms with Crippen LogP contribution in [-0.4, -0.2) is 24.0 Å². The monoisotopic (exact) mass is 279 g/mol. The summed E-state index contributed by atoms with van der Waals surface area (Å²) in [5.74, 6) is 2.74. The largest absolute Gasteiger partial charge is 0.456 e. The lowest BCUT2D eigenvalue weighted by molar-refractivity contribution is 0.0920. The Morgan fingerprint density at radius 3 is 3.10 bits per heavy atom. The van der Waals surface area contributed by atoms with Gasteiger partial charge in [-0.1, -0.05) is 37.6 Å². The van der Waals surface area contributed by atoms with E-state index in [1.54, 1.807) is 0 Å². The van der Waals surface area contributed by atoms with Crippen LogP contribution < -0.4 is 0 Å². The molecule has 108 valence electrons. The van der Waals surface area contributed by atoms with Gasteiger partial charge in [-0.15, -0.1) is 0 Å². The molecule has 1 fully saturated rings. The van der Waals surface area contributed by atoms with E-state index in [0.717, 1.165) is 23.8 Å². The maximum Gasteiger partial charge on any atom is 0.135 e. The molecule has 21 heavy (non-hydrogen) atoms. The predicted molar refractivity (Wildman–Crippen MR) is 85.1 cm³/mol. The number of rotatable bonds is 1. The van der Waals surface area contributed by atoms with Crippen LogP contribution in [0.1, 0.15) is 31.1 Å². The lowest BCUT2D eigenvalue weighted by Gasteiger charge is -2.48. The smallest absolute Gasteiger partial charge is 0.135 e. The highest BCUT2D eigenvalue weighted by Gasteiger charge is 2.44. The van der Waals surface area contributed by atoms with Gasteiger partial charge in [0.25, 0.3) is 0 Å². The summed E-state index contributed by atoms with van der Waals surface area (Å²) in [6, 6.07) is 9.14. The molecule has 1 aliphatic carbocycles. The first-order valence-electron chi connectivity index (χ1n) is 8.31. The van der Waals surface area contributed by atoms with Gasteiger partial charge in [0.05, 0.1) is 0 Å². The first-order chi connectivity index (χ1) is 10.3. The second kappa shape index (κ2) is 4.23. The number of furan rings is 1. The van der Waals surface area contributed by atoms with E-state index in [9.17, 15) is 0 Å². The topological polar surface area (TPSA) is 16.4 Å². The molecule has 4 aliphatic rings. The fourth-order valence-electron chi connectivity index (χ4n) is 4.90. The van der Waals surface area contributed by atoms with Crippen molar-refractivity contribution >= 4 is 16.5 Å². The molecular formula is C19H21NO. The molecule has 0 spiro atoms. The SMILES string of the molecule is CCC1CC2C=C3c4oc5ccccc5c4CCN(C2)C31. The Labute approximate surface area is 125 Å². The van der Waals surface area contributed by atoms with Gasteiger partial charge in [-0.25, -0.2) is 0 Å². The van der Waals surface area contributed by atoms with E-state index in [4.69, 9.17) is 4.42 Å². The van der Waals surface area contributed by atoms with Gasteiger partial charge in [0.2, 0.25) is 0 Å². The van der Waals surface area contributed by atoms with Gasteiger partial charge in [0.1, 0.15) is 11.3 Å². The second-order valence-corrected chi connectivity index (χ2v) is 6.88. The molecule has 6 rings (SSSR count). The zero-order valence-corrected chi connectivity index (χ0v) is 12.5. The molecule has 3 aliphatic heterocycles. The lowest BCUT2D eigenvalue weighted by atomic mass is 9.72. The van der Waals surface area contributed by atoms with Gasteiger partial charge < -0.3 is 4.42 Å². The Hall–Kier alpha value is -1.54. The number of hydrogen-bond acceptors (Lipinski definition) is 2. The highest BCUT2D eigenvalue weighted by Crippen LogP contribution is 2.47. The maximum absolute atomic E-state index is 6.31. The minimum atomic E-state index is 0.599. The standard InChI is InChI=1S/C19H21NO/c1-2-13-9-12-10-16-18(13)20(11-12)8-7-15-14-5-3-4-6-17(14)21-19(15)16/h3-6,10,12-13,18H,2,7-9,11H2,1H3. The molecule has 4 atom stereocenters. The fraction of sp³-hybridized carbons (Fsp3) is 0.474. The Morgan fingerprint density at radius 2 is 2.19 bits per heavy atom. The molecule has 2 aromatic rings. The van der Waals surface area contributed by atoms with Crippen LogP contribution >= 0.6 is 0 Å². The van der Waals surface area contributed by atoms with Gasteiger partial charge in [0.15, 0.2) is 0 Å². The van der Waals surface area contributed by atoms with Gasteiger partial charge >= 0.3 is 0 Å². The molecule has 2 heteroatoms. The Balaban J connectivity index is 1.75. The molecule has 4 heterocycles. The summed E-state index contributed by atoms with van der Waals surface area (Å²) in [5, 5.41) is 1.33. The Bertz CT molecular complexity index is 741. The van der Waals surface area contributed by atoms with E-state index in [2.05, 4.69) is 42.2 Å². The summed E-state index contributed by atoms with van der Waals surface area (Å²) < 4.78 is 6.31. The quantitative estimate of drug-likeness (QED) is 0.781. The molecule has 1 aromatic heterocycles. The molecular weight excluding hydrogens is 258 g/mol. The van der Waals surface area contributed by atoms with E-state index < -0.39 is 0 Å². The third-order valence-corrected chi connectivity index (χ3v) is 5.78. The van der Waals surface area contributed by atoms with Crippen LogP contribution in [0.25, 0.3) is 16.5 Å². The third-order valence-electron chi connectivity index (χ3n) is 5.78. The van der Waals surface area contributed by atoms with Gasteiger partial charge in [-0.2, -0.15) is 0 Å². The highest BCUT2D eigenvalue weighted by molar-refractivity contribution is 5.88. The van der Waals surface area contributed by atoms with E-state index in [0.29, 0.717) is 6.04 Å². The minimum Gasteiger partial charge on any atom is -0.456 e. The summed E-state index contributed by atoms with van der Waals surface area (Å²) in [6.07, 6.45) is 6.31. The zero-order valence-electron chi connectivity index (χ0n) is 12.5. The first-order valence-corrected chi connectivity index (χ1v) is 8.31. The van der Waals surface area contributed by atoms with Crippen molar-refractivity contribution in [3.8, 4) is 0 Å². The van der Waals surface area contributed by atoms with Crippen LogP contribution in [0, 0.1) is 11.8 Å². The molecule has 0 amide bonds. The van der Waals surface area contributed by atoms with Crippen molar-refractivity contribution in [1.29, 1.82) is 0 Å². The Kier molecular flexibility index (Phi) is 2.43. The summed E-state index contributed by atoms with van der Waals surface area (Å²) in [6.45, 7) is 4.79. The molecule has 2 nitrogen and oxygen atoms in total. The second-order valence-electron chi connectivity index (χ2n) is 6.88. The van der Waals surface area contributed by atoms with Crippen molar-refractivity contribution in [3.63, 3.8) is 0 Å². The van der Waals surface area contributed by atoms with Crippen LogP contribution in [0.4, 0.5) is 0 Å². The van der Waals surface area contributed by atoms with E-state index in [1.807, 2.05) is 0 Å². The normalized spacial score (nSPS) is 33.7. The Morgan fingerprint density at radius 1 is 1.29 bits per heavy atom. The molecule has 1 saturated heterocycles. The van der Waals surface area contributed by atoms with E-state index >= 15 is 0 Å². The average Bonchev–Trinajstić information content (AvgIpc) is 2.86. The van der Waals surface area contributed by atoms with E-state index in [1.165, 1.54) is 48.2 Å².